The number of nitrogens with one attached hydrogen (secondary N) is 1. The van der Waals surface area contributed by atoms with Gasteiger partial charge in [0.2, 0.25) is 0 Å². The smallest absolute Gasteiger partial charge is 0.378 e. The second kappa shape index (κ2) is 4.99. The highest BCUT2D eigenvalue weighted by molar-refractivity contribution is 5.67. The standard InChI is InChI=1S/C13H12F3N3O/c1-19(2)10-6-8(5-9(7-10)13(14,15)16)11-3-4-12(20)18-17-11/h3-7H,1-2H3,(H,18,20). The van der Waals surface area contributed by atoms with Crippen molar-refractivity contribution in [3.05, 3.63) is 46.2 Å². The minimum atomic E-state index is -4.44. The summed E-state index contributed by atoms with van der Waals surface area (Å²) in [7, 11) is 3.30. The summed E-state index contributed by atoms with van der Waals surface area (Å²) < 4.78 is 38.7. The van der Waals surface area contributed by atoms with Crippen LogP contribution in [-0.4, -0.2) is 24.3 Å². The Morgan fingerprint density at radius 3 is 2.35 bits per heavy atom. The van der Waals surface area contributed by atoms with Crippen LogP contribution in [0.1, 0.15) is 5.56 Å². The molecule has 1 aromatic heterocycles. The molecule has 0 fully saturated rings. The van der Waals surface area contributed by atoms with Gasteiger partial charge in [-0.3, -0.25) is 4.79 Å². The summed E-state index contributed by atoms with van der Waals surface area (Å²) in [5, 5.41) is 5.95. The Kier molecular flexibility index (Phi) is 3.52. The van der Waals surface area contributed by atoms with Gasteiger partial charge in [0.25, 0.3) is 5.56 Å². The highest BCUT2D eigenvalue weighted by Gasteiger charge is 2.31. The number of nitrogens with zero attached hydrogens (tertiary/aromatic N) is 2. The van der Waals surface area contributed by atoms with E-state index in [0.29, 0.717) is 11.3 Å². The molecular weight excluding hydrogens is 271 g/mol. The lowest BCUT2D eigenvalue weighted by Crippen LogP contribution is -2.12. The molecule has 0 bridgehead atoms. The Bertz CT molecular complexity index is 657. The molecular formula is C13H12F3N3O. The molecule has 4 nitrogen and oxygen atoms in total. The monoisotopic (exact) mass is 283 g/mol. The largest absolute Gasteiger partial charge is 0.416 e. The first kappa shape index (κ1) is 14.1. The highest BCUT2D eigenvalue weighted by atomic mass is 19.4. The first-order valence-corrected chi connectivity index (χ1v) is 5.73. The zero-order valence-corrected chi connectivity index (χ0v) is 10.8. The molecule has 7 heteroatoms. The summed E-state index contributed by atoms with van der Waals surface area (Å²) in [6.45, 7) is 0. The molecule has 106 valence electrons. The molecule has 0 aliphatic heterocycles. The van der Waals surface area contributed by atoms with E-state index in [-0.39, 0.29) is 5.69 Å². The van der Waals surface area contributed by atoms with Gasteiger partial charge in [0, 0.05) is 31.4 Å². The molecule has 0 aliphatic carbocycles. The summed E-state index contributed by atoms with van der Waals surface area (Å²) in [6.07, 6.45) is -4.44. The molecule has 2 aromatic rings. The van der Waals surface area contributed by atoms with Crippen LogP contribution in [0.25, 0.3) is 11.3 Å². The minimum Gasteiger partial charge on any atom is -0.378 e. The van der Waals surface area contributed by atoms with Crippen LogP contribution >= 0.6 is 0 Å². The van der Waals surface area contributed by atoms with Gasteiger partial charge in [-0.25, -0.2) is 5.10 Å². The zero-order chi connectivity index (χ0) is 14.9. The molecule has 1 aromatic carbocycles. The quantitative estimate of drug-likeness (QED) is 0.921. The van der Waals surface area contributed by atoms with Crippen molar-refractivity contribution in [2.24, 2.45) is 0 Å². The molecule has 1 heterocycles. The lowest BCUT2D eigenvalue weighted by Gasteiger charge is -2.17. The van der Waals surface area contributed by atoms with E-state index in [9.17, 15) is 18.0 Å². The molecule has 0 spiro atoms. The van der Waals surface area contributed by atoms with E-state index in [2.05, 4.69) is 10.2 Å². The molecule has 20 heavy (non-hydrogen) atoms. The maximum Gasteiger partial charge on any atom is 0.416 e. The van der Waals surface area contributed by atoms with Crippen LogP contribution in [0.5, 0.6) is 0 Å². The van der Waals surface area contributed by atoms with Gasteiger partial charge in [-0.15, -0.1) is 0 Å². The molecule has 2 rings (SSSR count). The summed E-state index contributed by atoms with van der Waals surface area (Å²) in [5.41, 5.74) is -0.193. The molecule has 0 saturated carbocycles. The number of rotatable bonds is 2. The number of hydrogen-bond donors (Lipinski definition) is 1. The number of anilines is 1. The number of aromatic nitrogens is 2. The number of halogens is 3. The van der Waals surface area contributed by atoms with Crippen LogP contribution in [0.2, 0.25) is 0 Å². The number of H-pyrrole nitrogens is 1. The summed E-state index contributed by atoms with van der Waals surface area (Å²) >= 11 is 0. The molecule has 0 atom stereocenters. The van der Waals surface area contributed by atoms with Gasteiger partial charge >= 0.3 is 6.18 Å². The average Bonchev–Trinajstić information content (AvgIpc) is 2.38. The van der Waals surface area contributed by atoms with Crippen molar-refractivity contribution in [2.45, 2.75) is 6.18 Å². The van der Waals surface area contributed by atoms with Gasteiger partial charge in [-0.2, -0.15) is 18.3 Å². The lowest BCUT2D eigenvalue weighted by molar-refractivity contribution is -0.137. The van der Waals surface area contributed by atoms with E-state index >= 15 is 0 Å². The molecule has 0 aliphatic rings. The van der Waals surface area contributed by atoms with E-state index in [0.717, 1.165) is 12.1 Å². The minimum absolute atomic E-state index is 0.277. The lowest BCUT2D eigenvalue weighted by atomic mass is 10.1. The third kappa shape index (κ3) is 2.98. The van der Waals surface area contributed by atoms with Crippen molar-refractivity contribution >= 4 is 5.69 Å². The Labute approximate surface area is 112 Å². The number of aromatic amines is 1. The van der Waals surface area contributed by atoms with Gasteiger partial charge in [-0.1, -0.05) is 0 Å². The SMILES string of the molecule is CN(C)c1cc(-c2ccc(=O)[nH]n2)cc(C(F)(F)F)c1. The topological polar surface area (TPSA) is 49.0 Å². The molecule has 0 saturated heterocycles. The highest BCUT2D eigenvalue weighted by Crippen LogP contribution is 2.34. The van der Waals surface area contributed by atoms with Gasteiger partial charge in [0.1, 0.15) is 0 Å². The van der Waals surface area contributed by atoms with Gasteiger partial charge < -0.3 is 4.90 Å². The summed E-state index contributed by atoms with van der Waals surface area (Å²) in [4.78, 5) is 12.5. The predicted molar refractivity (Wildman–Crippen MR) is 69.6 cm³/mol. The number of alkyl halides is 3. The van der Waals surface area contributed by atoms with Crippen LogP contribution in [0.3, 0.4) is 0 Å². The van der Waals surface area contributed by atoms with E-state index in [1.165, 1.54) is 12.1 Å². The molecule has 1 N–H and O–H groups in total. The van der Waals surface area contributed by atoms with Crippen molar-refractivity contribution in [2.75, 3.05) is 19.0 Å². The Hall–Kier alpha value is -2.31. The van der Waals surface area contributed by atoms with Crippen LogP contribution in [0.4, 0.5) is 18.9 Å². The van der Waals surface area contributed by atoms with Gasteiger partial charge in [-0.05, 0) is 24.3 Å². The first-order chi connectivity index (χ1) is 9.27. The number of benzene rings is 1. The average molecular weight is 283 g/mol. The van der Waals surface area contributed by atoms with Gasteiger partial charge in [0.15, 0.2) is 0 Å². The maximum atomic E-state index is 12.9. The normalized spacial score (nSPS) is 11.4. The van der Waals surface area contributed by atoms with Crippen molar-refractivity contribution in [3.8, 4) is 11.3 Å². The summed E-state index contributed by atoms with van der Waals surface area (Å²) in [6, 6.07) is 6.25. The van der Waals surface area contributed by atoms with Crippen molar-refractivity contribution in [3.63, 3.8) is 0 Å². The van der Waals surface area contributed by atoms with E-state index in [1.54, 1.807) is 25.1 Å². The van der Waals surface area contributed by atoms with Crippen molar-refractivity contribution < 1.29 is 13.2 Å². The first-order valence-electron chi connectivity index (χ1n) is 5.73. The fourth-order valence-electron chi connectivity index (χ4n) is 1.69. The van der Waals surface area contributed by atoms with Crippen LogP contribution in [0.15, 0.2) is 35.1 Å². The Morgan fingerprint density at radius 1 is 1.15 bits per heavy atom. The Balaban J connectivity index is 2.60. The van der Waals surface area contributed by atoms with Gasteiger partial charge in [0.05, 0.1) is 11.3 Å². The van der Waals surface area contributed by atoms with Crippen LogP contribution in [-0.2, 0) is 6.18 Å². The third-order valence-electron chi connectivity index (χ3n) is 2.74. The van der Waals surface area contributed by atoms with E-state index < -0.39 is 17.3 Å². The zero-order valence-electron chi connectivity index (χ0n) is 10.8. The number of hydrogen-bond acceptors (Lipinski definition) is 3. The summed E-state index contributed by atoms with van der Waals surface area (Å²) in [5.74, 6) is 0. The second-order valence-electron chi connectivity index (χ2n) is 4.47. The Morgan fingerprint density at radius 2 is 1.85 bits per heavy atom. The molecule has 0 radical (unpaired) electrons. The fourth-order valence-corrected chi connectivity index (χ4v) is 1.69. The van der Waals surface area contributed by atoms with Crippen LogP contribution < -0.4 is 10.5 Å². The van der Waals surface area contributed by atoms with Crippen molar-refractivity contribution in [1.29, 1.82) is 0 Å². The maximum absolute atomic E-state index is 12.9. The van der Waals surface area contributed by atoms with Crippen molar-refractivity contribution in [1.82, 2.24) is 10.2 Å². The third-order valence-corrected chi connectivity index (χ3v) is 2.74. The molecule has 0 unspecified atom stereocenters. The van der Waals surface area contributed by atoms with Crippen LogP contribution in [0, 0.1) is 0 Å². The molecule has 0 amide bonds. The second-order valence-corrected chi connectivity index (χ2v) is 4.47. The predicted octanol–water partition coefficient (Wildman–Crippen LogP) is 2.52. The fraction of sp³-hybridized carbons (Fsp3) is 0.231. The van der Waals surface area contributed by atoms with E-state index in [4.69, 9.17) is 0 Å². The van der Waals surface area contributed by atoms with E-state index in [1.807, 2.05) is 0 Å².